The molecule has 0 spiro atoms. The van der Waals surface area contributed by atoms with Crippen molar-refractivity contribution >= 4 is 36.4 Å². The number of carbonyl (C=O) groups is 1. The molecule has 1 unspecified atom stereocenters. The number of carbonyl (C=O) groups excluding carboxylic acids is 1. The van der Waals surface area contributed by atoms with Gasteiger partial charge in [0.15, 0.2) is 0 Å². The lowest BCUT2D eigenvalue weighted by Gasteiger charge is -2.41. The molecule has 3 aliphatic rings. The summed E-state index contributed by atoms with van der Waals surface area (Å²) in [5, 5.41) is 4.85. The van der Waals surface area contributed by atoms with Crippen LogP contribution < -0.4 is 14.5 Å². The van der Waals surface area contributed by atoms with Crippen molar-refractivity contribution in [3.05, 3.63) is 59.2 Å². The van der Waals surface area contributed by atoms with Gasteiger partial charge in [-0.1, -0.05) is 26.2 Å². The van der Waals surface area contributed by atoms with Gasteiger partial charge in [-0.3, -0.25) is 4.79 Å². The van der Waals surface area contributed by atoms with Gasteiger partial charge in [-0.25, -0.2) is 11.3 Å². The summed E-state index contributed by atoms with van der Waals surface area (Å²) in [5.74, 6) is 0.409. The maximum absolute atomic E-state index is 14.7. The largest absolute Gasteiger partial charge is 0.462 e. The van der Waals surface area contributed by atoms with Crippen molar-refractivity contribution in [3.8, 4) is 6.01 Å². The Kier molecular flexibility index (Phi) is 11.1. The molecule has 2 saturated heterocycles. The average molecular weight is 740 g/mol. The highest BCUT2D eigenvalue weighted by Gasteiger charge is 2.39. The van der Waals surface area contributed by atoms with Crippen molar-refractivity contribution in [2.24, 2.45) is 0 Å². The van der Waals surface area contributed by atoms with Crippen LogP contribution in [0.2, 0.25) is 25.7 Å². The van der Waals surface area contributed by atoms with E-state index in [4.69, 9.17) is 26.0 Å². The number of aromatic nitrogens is 4. The van der Waals surface area contributed by atoms with Crippen LogP contribution >= 0.6 is 0 Å². The van der Waals surface area contributed by atoms with E-state index in [0.29, 0.717) is 61.7 Å². The summed E-state index contributed by atoms with van der Waals surface area (Å²) in [7, 11) is 0.740. The molecule has 16 heteroatoms. The molecule has 3 aliphatic heterocycles. The third-order valence-corrected chi connectivity index (χ3v) is 12.0. The molecule has 0 bridgehead atoms. The molecule has 280 valence electrons. The van der Waals surface area contributed by atoms with Crippen LogP contribution in [0.3, 0.4) is 0 Å². The standard InChI is InChI=1S/C36H48F3N9O3Si/c1-7-32(49)47-16-15-46(21-26(47)19-40-2)34-27-12-14-45(22-30(27)42-35(43-34)51-23-25-9-8-13-44(25)3)33-28-20-41-48(24-50-17-18-52(4,5)6)31(28)11-10-29(33)36(37,38)39/h7,10-11,20,25-26H,1,8-9,12-19,21-24H2,3-6H3/t25-,26?/m1/s1. The van der Waals surface area contributed by atoms with E-state index < -0.39 is 19.8 Å². The second kappa shape index (κ2) is 15.4. The Morgan fingerprint density at radius 1 is 1.13 bits per heavy atom. The molecule has 0 radical (unpaired) electrons. The number of anilines is 2. The van der Waals surface area contributed by atoms with Crippen molar-refractivity contribution in [2.75, 3.05) is 69.3 Å². The van der Waals surface area contributed by atoms with Crippen LogP contribution in [0, 0.1) is 6.57 Å². The normalized spacial score (nSPS) is 19.9. The Labute approximate surface area is 304 Å². The van der Waals surface area contributed by atoms with Crippen LogP contribution in [-0.2, 0) is 35.4 Å². The van der Waals surface area contributed by atoms with E-state index in [0.717, 1.165) is 37.1 Å². The molecule has 0 saturated carbocycles. The van der Waals surface area contributed by atoms with Crippen molar-refractivity contribution < 1.29 is 27.4 Å². The predicted octanol–water partition coefficient (Wildman–Crippen LogP) is 5.32. The maximum atomic E-state index is 14.7. The average Bonchev–Trinajstić information content (AvgIpc) is 3.72. The summed E-state index contributed by atoms with van der Waals surface area (Å²) >= 11 is 0. The van der Waals surface area contributed by atoms with Gasteiger partial charge in [0.2, 0.25) is 12.5 Å². The second-order valence-corrected chi connectivity index (χ2v) is 20.7. The molecule has 2 fully saturated rings. The highest BCUT2D eigenvalue weighted by molar-refractivity contribution is 6.76. The number of nitrogens with zero attached hydrogens (tertiary/aromatic N) is 9. The lowest BCUT2D eigenvalue weighted by Crippen LogP contribution is -2.56. The van der Waals surface area contributed by atoms with Crippen LogP contribution in [0.5, 0.6) is 6.01 Å². The molecule has 0 aliphatic carbocycles. The Bertz CT molecular complexity index is 1820. The Hall–Kier alpha value is -4.20. The van der Waals surface area contributed by atoms with Crippen molar-refractivity contribution in [2.45, 2.75) is 76.5 Å². The number of halogens is 3. The summed E-state index contributed by atoms with van der Waals surface area (Å²) in [6, 6.07) is 3.57. The van der Waals surface area contributed by atoms with E-state index in [1.54, 1.807) is 14.5 Å². The molecule has 1 aromatic carbocycles. The van der Waals surface area contributed by atoms with E-state index in [1.807, 2.05) is 0 Å². The Morgan fingerprint density at radius 2 is 1.94 bits per heavy atom. The van der Waals surface area contributed by atoms with Crippen molar-refractivity contribution in [1.82, 2.24) is 29.5 Å². The number of likely N-dealkylation sites (tertiary alicyclic amines) is 1. The Morgan fingerprint density at radius 3 is 2.63 bits per heavy atom. The number of alkyl halides is 3. The number of hydrogen-bond acceptors (Lipinski definition) is 9. The molecule has 1 amide bonds. The molecule has 5 heterocycles. The fourth-order valence-corrected chi connectivity index (χ4v) is 8.08. The second-order valence-electron chi connectivity index (χ2n) is 15.1. The van der Waals surface area contributed by atoms with Gasteiger partial charge >= 0.3 is 12.2 Å². The summed E-state index contributed by atoms with van der Waals surface area (Å²) in [4.78, 5) is 33.6. The van der Waals surface area contributed by atoms with Crippen molar-refractivity contribution in [1.29, 1.82) is 0 Å². The quantitative estimate of drug-likeness (QED) is 0.106. The first kappa shape index (κ1) is 37.6. The van der Waals surface area contributed by atoms with E-state index in [1.165, 1.54) is 18.3 Å². The highest BCUT2D eigenvalue weighted by Crippen LogP contribution is 2.43. The molecule has 52 heavy (non-hydrogen) atoms. The van der Waals surface area contributed by atoms with Crippen LogP contribution in [0.15, 0.2) is 31.0 Å². The van der Waals surface area contributed by atoms with Crippen LogP contribution in [0.4, 0.5) is 24.7 Å². The summed E-state index contributed by atoms with van der Waals surface area (Å²) < 4.78 is 57.8. The number of benzene rings is 1. The lowest BCUT2D eigenvalue weighted by atomic mass is 10.0. The third-order valence-electron chi connectivity index (χ3n) is 10.3. The van der Waals surface area contributed by atoms with Gasteiger partial charge in [-0.15, -0.1) is 0 Å². The van der Waals surface area contributed by atoms with E-state index in [9.17, 15) is 18.0 Å². The molecular weight excluding hydrogens is 692 g/mol. The zero-order chi connectivity index (χ0) is 37.2. The first-order valence-corrected chi connectivity index (χ1v) is 21.6. The topological polar surface area (TPSA) is 96.4 Å². The molecule has 0 N–H and O–H groups in total. The number of amides is 1. The monoisotopic (exact) mass is 739 g/mol. The molecule has 6 rings (SSSR count). The Balaban J connectivity index is 1.34. The summed E-state index contributed by atoms with van der Waals surface area (Å²) in [6.07, 6.45) is 0.606. The van der Waals surface area contributed by atoms with E-state index in [-0.39, 0.29) is 56.1 Å². The lowest BCUT2D eigenvalue weighted by molar-refractivity contribution is -0.137. The minimum absolute atomic E-state index is 0.0629. The fourth-order valence-electron chi connectivity index (χ4n) is 7.32. The number of piperazine rings is 1. The highest BCUT2D eigenvalue weighted by atomic mass is 28.3. The third kappa shape index (κ3) is 8.21. The minimum Gasteiger partial charge on any atom is -0.462 e. The van der Waals surface area contributed by atoms with Gasteiger partial charge in [-0.2, -0.15) is 28.2 Å². The van der Waals surface area contributed by atoms with Crippen molar-refractivity contribution in [3.63, 3.8) is 0 Å². The molecule has 12 nitrogen and oxygen atoms in total. The molecular formula is C36H48F3N9O3Si. The van der Waals surface area contributed by atoms with Gasteiger partial charge < -0.3 is 33.9 Å². The smallest absolute Gasteiger partial charge is 0.418 e. The van der Waals surface area contributed by atoms with Gasteiger partial charge in [0.1, 0.15) is 25.2 Å². The first-order chi connectivity index (χ1) is 24.8. The number of hydrogen-bond donors (Lipinski definition) is 0. The SMILES string of the molecule is [C-]#[N+]CC1CN(c2nc(OC[C@H]3CCCN3C)nc3c2CCN(c2c(C(F)(F)F)ccc4c2cnn4COCC[Si](C)(C)C)C3)CCN1C(=O)C=C. The summed E-state index contributed by atoms with van der Waals surface area (Å²) in [6.45, 7) is 21.7. The van der Waals surface area contributed by atoms with Gasteiger partial charge in [0, 0.05) is 57.9 Å². The van der Waals surface area contributed by atoms with Crippen LogP contribution in [-0.4, -0.2) is 115 Å². The molecule has 2 atom stereocenters. The molecule has 2 aromatic heterocycles. The zero-order valence-electron chi connectivity index (χ0n) is 30.5. The van der Waals surface area contributed by atoms with E-state index in [2.05, 4.69) is 53.0 Å². The number of ether oxygens (including phenoxy) is 2. The van der Waals surface area contributed by atoms with Gasteiger partial charge in [0.05, 0.1) is 35.2 Å². The van der Waals surface area contributed by atoms with E-state index >= 15 is 0 Å². The number of fused-ring (bicyclic) bond motifs is 2. The number of likely N-dealkylation sites (N-methyl/N-ethyl adjacent to an activating group) is 1. The summed E-state index contributed by atoms with van der Waals surface area (Å²) in [5.41, 5.74) is 1.31. The van der Waals surface area contributed by atoms with Gasteiger partial charge in [-0.05, 0) is 57.1 Å². The zero-order valence-corrected chi connectivity index (χ0v) is 31.5. The molecule has 3 aromatic rings. The first-order valence-electron chi connectivity index (χ1n) is 17.9. The fraction of sp³-hybridized carbons (Fsp3) is 0.583. The van der Waals surface area contributed by atoms with Crippen LogP contribution in [0.25, 0.3) is 15.7 Å². The number of rotatable bonds is 12. The maximum Gasteiger partial charge on any atom is 0.418 e. The van der Waals surface area contributed by atoms with Crippen LogP contribution in [0.1, 0.15) is 29.7 Å². The predicted molar refractivity (Wildman–Crippen MR) is 196 cm³/mol. The van der Waals surface area contributed by atoms with Gasteiger partial charge in [0.25, 0.3) is 0 Å². The minimum atomic E-state index is -4.60.